The molecule has 0 aromatic rings. The number of carbonyl (C=O) groups is 1. The molecule has 0 saturated heterocycles. The minimum atomic E-state index is 0.243. The molecular weight excluding hydrogens is 140 g/mol. The molecule has 1 saturated carbocycles. The van der Waals surface area contributed by atoms with Crippen molar-refractivity contribution in [1.82, 2.24) is 0 Å². The van der Waals surface area contributed by atoms with Crippen molar-refractivity contribution >= 4 is 6.47 Å². The van der Waals surface area contributed by atoms with Gasteiger partial charge in [-0.05, 0) is 25.7 Å². The van der Waals surface area contributed by atoms with Crippen molar-refractivity contribution in [3.05, 3.63) is 0 Å². The largest absolute Gasteiger partial charge is 0.465 e. The third-order valence-electron chi connectivity index (χ3n) is 1.55. The SMILES string of the molecule is CCC.O=COC1CCCC1. The molecule has 1 aliphatic rings. The van der Waals surface area contributed by atoms with Crippen LogP contribution in [-0.4, -0.2) is 12.6 Å². The molecule has 0 atom stereocenters. The molecule has 0 bridgehead atoms. The molecule has 0 amide bonds. The highest BCUT2D eigenvalue weighted by atomic mass is 16.5. The maximum absolute atomic E-state index is 9.74. The molecule has 1 fully saturated rings. The van der Waals surface area contributed by atoms with E-state index in [0.29, 0.717) is 6.47 Å². The molecule has 2 heteroatoms. The third kappa shape index (κ3) is 5.89. The Kier molecular flexibility index (Phi) is 7.21. The van der Waals surface area contributed by atoms with Crippen LogP contribution in [0.5, 0.6) is 0 Å². The number of hydrogen-bond donors (Lipinski definition) is 0. The summed E-state index contributed by atoms with van der Waals surface area (Å²) >= 11 is 0. The Morgan fingerprint density at radius 2 is 1.82 bits per heavy atom. The van der Waals surface area contributed by atoms with E-state index in [9.17, 15) is 4.79 Å². The number of rotatable bonds is 2. The summed E-state index contributed by atoms with van der Waals surface area (Å²) < 4.78 is 4.72. The second kappa shape index (κ2) is 7.58. The minimum absolute atomic E-state index is 0.243. The molecule has 0 spiro atoms. The fraction of sp³-hybridized carbons (Fsp3) is 0.889. The van der Waals surface area contributed by atoms with Crippen LogP contribution < -0.4 is 0 Å². The molecule has 0 aromatic carbocycles. The highest BCUT2D eigenvalue weighted by Crippen LogP contribution is 2.19. The molecule has 0 unspecified atom stereocenters. The summed E-state index contributed by atoms with van der Waals surface area (Å²) in [7, 11) is 0. The van der Waals surface area contributed by atoms with Crippen LogP contribution in [0.4, 0.5) is 0 Å². The molecule has 1 rings (SSSR count). The summed E-state index contributed by atoms with van der Waals surface area (Å²) in [6, 6.07) is 0. The van der Waals surface area contributed by atoms with Gasteiger partial charge >= 0.3 is 0 Å². The van der Waals surface area contributed by atoms with Gasteiger partial charge in [0.1, 0.15) is 6.10 Å². The van der Waals surface area contributed by atoms with E-state index in [2.05, 4.69) is 13.8 Å². The van der Waals surface area contributed by atoms with Gasteiger partial charge in [0.15, 0.2) is 0 Å². The average Bonchev–Trinajstić information content (AvgIpc) is 2.42. The topological polar surface area (TPSA) is 26.3 Å². The zero-order chi connectivity index (χ0) is 8.53. The van der Waals surface area contributed by atoms with Crippen LogP contribution in [0.2, 0.25) is 0 Å². The highest BCUT2D eigenvalue weighted by molar-refractivity contribution is 5.37. The molecule has 66 valence electrons. The number of carbonyl (C=O) groups excluding carboxylic acids is 1. The van der Waals surface area contributed by atoms with Crippen molar-refractivity contribution in [3.63, 3.8) is 0 Å². The monoisotopic (exact) mass is 158 g/mol. The second-order valence-corrected chi connectivity index (χ2v) is 2.85. The first kappa shape index (κ1) is 10.5. The lowest BCUT2D eigenvalue weighted by Gasteiger charge is -2.03. The molecular formula is C9H18O2. The first-order valence-electron chi connectivity index (χ1n) is 4.44. The van der Waals surface area contributed by atoms with Gasteiger partial charge in [0.05, 0.1) is 0 Å². The quantitative estimate of drug-likeness (QED) is 0.577. The van der Waals surface area contributed by atoms with E-state index in [-0.39, 0.29) is 6.10 Å². The van der Waals surface area contributed by atoms with E-state index >= 15 is 0 Å². The van der Waals surface area contributed by atoms with E-state index in [1.165, 1.54) is 19.3 Å². The number of ether oxygens (including phenoxy) is 1. The Hall–Kier alpha value is -0.530. The summed E-state index contributed by atoms with van der Waals surface area (Å²) in [6.07, 6.45) is 6.07. The summed E-state index contributed by atoms with van der Waals surface area (Å²) in [6.45, 7) is 4.80. The first-order chi connectivity index (χ1) is 5.35. The molecule has 0 aromatic heterocycles. The average molecular weight is 158 g/mol. The van der Waals surface area contributed by atoms with Crippen LogP contribution >= 0.6 is 0 Å². The van der Waals surface area contributed by atoms with Gasteiger partial charge < -0.3 is 4.74 Å². The summed E-state index contributed by atoms with van der Waals surface area (Å²) in [5.74, 6) is 0. The summed E-state index contributed by atoms with van der Waals surface area (Å²) in [5, 5.41) is 0. The van der Waals surface area contributed by atoms with Gasteiger partial charge in [0, 0.05) is 0 Å². The van der Waals surface area contributed by atoms with Gasteiger partial charge in [-0.2, -0.15) is 0 Å². The van der Waals surface area contributed by atoms with E-state index in [0.717, 1.165) is 12.8 Å². The normalized spacial score (nSPS) is 16.9. The van der Waals surface area contributed by atoms with Crippen LogP contribution in [0, 0.1) is 0 Å². The third-order valence-corrected chi connectivity index (χ3v) is 1.55. The summed E-state index contributed by atoms with van der Waals surface area (Å²) in [5.41, 5.74) is 0. The van der Waals surface area contributed by atoms with Gasteiger partial charge in [-0.15, -0.1) is 0 Å². The Balaban J connectivity index is 0.000000292. The molecule has 1 aliphatic carbocycles. The van der Waals surface area contributed by atoms with Crippen LogP contribution in [0.1, 0.15) is 46.0 Å². The van der Waals surface area contributed by atoms with Gasteiger partial charge in [-0.3, -0.25) is 4.79 Å². The van der Waals surface area contributed by atoms with Crippen molar-refractivity contribution in [2.75, 3.05) is 0 Å². The summed E-state index contributed by atoms with van der Waals surface area (Å²) in [4.78, 5) is 9.74. The highest BCUT2D eigenvalue weighted by Gasteiger charge is 2.14. The molecule has 2 nitrogen and oxygen atoms in total. The van der Waals surface area contributed by atoms with Crippen LogP contribution in [-0.2, 0) is 9.53 Å². The molecule has 0 aliphatic heterocycles. The number of hydrogen-bond acceptors (Lipinski definition) is 2. The van der Waals surface area contributed by atoms with Crippen molar-refractivity contribution in [2.45, 2.75) is 52.1 Å². The predicted molar refractivity (Wildman–Crippen MR) is 45.4 cm³/mol. The lowest BCUT2D eigenvalue weighted by Crippen LogP contribution is -2.04. The zero-order valence-corrected chi connectivity index (χ0v) is 7.51. The van der Waals surface area contributed by atoms with Crippen LogP contribution in [0.25, 0.3) is 0 Å². The fourth-order valence-electron chi connectivity index (χ4n) is 1.10. The van der Waals surface area contributed by atoms with Gasteiger partial charge in [0.2, 0.25) is 0 Å². The van der Waals surface area contributed by atoms with Crippen molar-refractivity contribution in [2.24, 2.45) is 0 Å². The Morgan fingerprint density at radius 1 is 1.36 bits per heavy atom. The maximum Gasteiger partial charge on any atom is 0.293 e. The van der Waals surface area contributed by atoms with Gasteiger partial charge in [-0.1, -0.05) is 20.3 Å². The Bertz CT molecular complexity index is 85.6. The Labute approximate surface area is 68.9 Å². The second-order valence-electron chi connectivity index (χ2n) is 2.85. The van der Waals surface area contributed by atoms with E-state index < -0.39 is 0 Å². The molecule has 11 heavy (non-hydrogen) atoms. The molecule has 0 N–H and O–H groups in total. The lowest BCUT2D eigenvalue weighted by molar-refractivity contribution is -0.133. The minimum Gasteiger partial charge on any atom is -0.465 e. The van der Waals surface area contributed by atoms with Gasteiger partial charge in [-0.25, -0.2) is 0 Å². The predicted octanol–water partition coefficient (Wildman–Crippen LogP) is 2.52. The standard InChI is InChI=1S/C6H10O2.C3H8/c7-5-8-6-3-1-2-4-6;1-3-2/h5-6H,1-4H2;3H2,1-2H3. The smallest absolute Gasteiger partial charge is 0.293 e. The molecule has 0 heterocycles. The molecule has 0 radical (unpaired) electrons. The van der Waals surface area contributed by atoms with E-state index in [4.69, 9.17) is 4.74 Å². The van der Waals surface area contributed by atoms with Crippen LogP contribution in [0.15, 0.2) is 0 Å². The van der Waals surface area contributed by atoms with E-state index in [1.807, 2.05) is 0 Å². The fourth-order valence-corrected chi connectivity index (χ4v) is 1.10. The lowest BCUT2D eigenvalue weighted by atomic mass is 10.3. The van der Waals surface area contributed by atoms with Crippen molar-refractivity contribution < 1.29 is 9.53 Å². The van der Waals surface area contributed by atoms with Crippen LogP contribution in [0.3, 0.4) is 0 Å². The maximum atomic E-state index is 9.74. The van der Waals surface area contributed by atoms with Crippen molar-refractivity contribution in [1.29, 1.82) is 0 Å². The van der Waals surface area contributed by atoms with E-state index in [1.54, 1.807) is 0 Å². The Morgan fingerprint density at radius 3 is 2.18 bits per heavy atom. The van der Waals surface area contributed by atoms with Crippen molar-refractivity contribution in [3.8, 4) is 0 Å². The zero-order valence-electron chi connectivity index (χ0n) is 7.51. The first-order valence-corrected chi connectivity index (χ1v) is 4.44. The van der Waals surface area contributed by atoms with Gasteiger partial charge in [0.25, 0.3) is 6.47 Å².